The van der Waals surface area contributed by atoms with E-state index in [4.69, 9.17) is 10.5 Å². The third-order valence-electron chi connectivity index (χ3n) is 2.15. The van der Waals surface area contributed by atoms with E-state index in [9.17, 15) is 13.6 Å². The summed E-state index contributed by atoms with van der Waals surface area (Å²) in [6.07, 6.45) is -2.77. The maximum absolute atomic E-state index is 12.8. The number of carbonyl (C=O) groups is 1. The molecule has 0 fully saturated rings. The van der Waals surface area contributed by atoms with Crippen molar-refractivity contribution in [2.75, 3.05) is 14.2 Å². The van der Waals surface area contributed by atoms with E-state index in [1.54, 1.807) is 0 Å². The van der Waals surface area contributed by atoms with Crippen LogP contribution in [0.15, 0.2) is 6.07 Å². The lowest BCUT2D eigenvalue weighted by molar-refractivity contribution is 0.0592. The standard InChI is InChI=1S/C10H12F2N2O3/c1-16-9-6(4-13)5(8(11)12)3-7(14-9)10(15)17-2/h3,8H,4,13H2,1-2H3. The van der Waals surface area contributed by atoms with Gasteiger partial charge in [0.05, 0.1) is 14.2 Å². The first-order chi connectivity index (χ1) is 8.04. The number of halogens is 2. The van der Waals surface area contributed by atoms with Crippen molar-refractivity contribution in [2.45, 2.75) is 13.0 Å². The van der Waals surface area contributed by atoms with Crippen LogP contribution in [0.2, 0.25) is 0 Å². The van der Waals surface area contributed by atoms with Crippen molar-refractivity contribution in [3.05, 3.63) is 22.9 Å². The highest BCUT2D eigenvalue weighted by atomic mass is 19.3. The van der Waals surface area contributed by atoms with Crippen LogP contribution in [0.5, 0.6) is 5.88 Å². The fourth-order valence-corrected chi connectivity index (χ4v) is 1.34. The third-order valence-corrected chi connectivity index (χ3v) is 2.15. The lowest BCUT2D eigenvalue weighted by atomic mass is 10.1. The zero-order valence-electron chi connectivity index (χ0n) is 9.37. The van der Waals surface area contributed by atoms with Gasteiger partial charge < -0.3 is 15.2 Å². The molecule has 0 aliphatic heterocycles. The minimum atomic E-state index is -2.77. The molecule has 0 aromatic carbocycles. The van der Waals surface area contributed by atoms with Crippen LogP contribution in [0.1, 0.15) is 28.0 Å². The lowest BCUT2D eigenvalue weighted by Crippen LogP contribution is -2.12. The Morgan fingerprint density at radius 1 is 1.53 bits per heavy atom. The molecule has 94 valence electrons. The molecule has 0 aliphatic rings. The smallest absolute Gasteiger partial charge is 0.356 e. The zero-order valence-corrected chi connectivity index (χ0v) is 9.37. The van der Waals surface area contributed by atoms with Crippen LogP contribution in [-0.2, 0) is 11.3 Å². The van der Waals surface area contributed by atoms with Crippen LogP contribution < -0.4 is 10.5 Å². The van der Waals surface area contributed by atoms with Crippen molar-refractivity contribution in [2.24, 2.45) is 5.73 Å². The van der Waals surface area contributed by atoms with E-state index in [1.165, 1.54) is 7.11 Å². The number of nitrogens with zero attached hydrogens (tertiary/aromatic N) is 1. The zero-order chi connectivity index (χ0) is 13.0. The third kappa shape index (κ3) is 2.68. The number of esters is 1. The molecule has 2 N–H and O–H groups in total. The number of nitrogens with two attached hydrogens (primary N) is 1. The Kier molecular flexibility index (Phi) is 4.33. The summed E-state index contributed by atoms with van der Waals surface area (Å²) in [6, 6.07) is 0.960. The molecule has 0 bridgehead atoms. The van der Waals surface area contributed by atoms with E-state index in [-0.39, 0.29) is 29.2 Å². The predicted octanol–water partition coefficient (Wildman–Crippen LogP) is 1.27. The average molecular weight is 246 g/mol. The number of hydrogen-bond acceptors (Lipinski definition) is 5. The molecule has 0 unspecified atom stereocenters. The molecule has 1 rings (SSSR count). The summed E-state index contributed by atoms with van der Waals surface area (Å²) in [4.78, 5) is 15.0. The quantitative estimate of drug-likeness (QED) is 0.810. The maximum atomic E-state index is 12.8. The van der Waals surface area contributed by atoms with Crippen LogP contribution in [0.3, 0.4) is 0 Å². The molecule has 1 aromatic heterocycles. The molecule has 0 aliphatic carbocycles. The minimum absolute atomic E-state index is 0.0788. The molecule has 0 amide bonds. The van der Waals surface area contributed by atoms with Crippen molar-refractivity contribution >= 4 is 5.97 Å². The molecule has 0 saturated heterocycles. The van der Waals surface area contributed by atoms with Crippen molar-refractivity contribution in [3.8, 4) is 5.88 Å². The summed E-state index contributed by atoms with van der Waals surface area (Å²) in [6.45, 7) is -0.155. The number of carbonyl (C=O) groups excluding carboxylic acids is 1. The summed E-state index contributed by atoms with van der Waals surface area (Å²) < 4.78 is 34.8. The Labute approximate surface area is 96.5 Å². The highest BCUT2D eigenvalue weighted by Gasteiger charge is 2.21. The Morgan fingerprint density at radius 3 is 2.59 bits per heavy atom. The molecular formula is C10H12F2N2O3. The summed E-state index contributed by atoms with van der Waals surface area (Å²) in [7, 11) is 2.40. The molecule has 17 heavy (non-hydrogen) atoms. The molecule has 5 nitrogen and oxygen atoms in total. The van der Waals surface area contributed by atoms with Gasteiger partial charge in [0.2, 0.25) is 5.88 Å². The topological polar surface area (TPSA) is 74.4 Å². The normalized spacial score (nSPS) is 10.5. The Bertz CT molecular complexity index is 424. The Hall–Kier alpha value is -1.76. The van der Waals surface area contributed by atoms with Crippen molar-refractivity contribution in [1.29, 1.82) is 0 Å². The van der Waals surface area contributed by atoms with E-state index >= 15 is 0 Å². The van der Waals surface area contributed by atoms with Crippen LogP contribution in [0.25, 0.3) is 0 Å². The van der Waals surface area contributed by atoms with Crippen LogP contribution in [0.4, 0.5) is 8.78 Å². The monoisotopic (exact) mass is 246 g/mol. The van der Waals surface area contributed by atoms with Gasteiger partial charge in [0, 0.05) is 17.7 Å². The first kappa shape index (κ1) is 13.3. The fraction of sp³-hybridized carbons (Fsp3) is 0.400. The van der Waals surface area contributed by atoms with Gasteiger partial charge >= 0.3 is 5.97 Å². The number of pyridine rings is 1. The number of rotatable bonds is 4. The van der Waals surface area contributed by atoms with Crippen LogP contribution >= 0.6 is 0 Å². The fourth-order valence-electron chi connectivity index (χ4n) is 1.34. The van der Waals surface area contributed by atoms with Crippen molar-refractivity contribution < 1.29 is 23.0 Å². The van der Waals surface area contributed by atoms with Gasteiger partial charge in [0.25, 0.3) is 6.43 Å². The second-order valence-corrected chi connectivity index (χ2v) is 3.08. The molecule has 0 radical (unpaired) electrons. The predicted molar refractivity (Wildman–Crippen MR) is 55.0 cm³/mol. The molecule has 0 atom stereocenters. The van der Waals surface area contributed by atoms with Crippen molar-refractivity contribution in [1.82, 2.24) is 4.98 Å². The van der Waals surface area contributed by atoms with Crippen molar-refractivity contribution in [3.63, 3.8) is 0 Å². The van der Waals surface area contributed by atoms with E-state index in [0.29, 0.717) is 0 Å². The Morgan fingerprint density at radius 2 is 2.18 bits per heavy atom. The molecule has 0 saturated carbocycles. The first-order valence-corrected chi connectivity index (χ1v) is 4.69. The van der Waals surface area contributed by atoms with E-state index in [0.717, 1.165) is 13.2 Å². The maximum Gasteiger partial charge on any atom is 0.356 e. The number of hydrogen-bond donors (Lipinski definition) is 1. The van der Waals surface area contributed by atoms with E-state index in [2.05, 4.69) is 9.72 Å². The summed E-state index contributed by atoms with van der Waals surface area (Å²) >= 11 is 0. The second-order valence-electron chi connectivity index (χ2n) is 3.08. The molecule has 7 heteroatoms. The second kappa shape index (κ2) is 5.53. The largest absolute Gasteiger partial charge is 0.481 e. The van der Waals surface area contributed by atoms with Gasteiger partial charge in [-0.05, 0) is 6.07 Å². The van der Waals surface area contributed by atoms with Gasteiger partial charge in [-0.15, -0.1) is 0 Å². The lowest BCUT2D eigenvalue weighted by Gasteiger charge is -2.12. The summed E-state index contributed by atoms with van der Waals surface area (Å²) in [5.41, 5.74) is 4.82. The number of methoxy groups -OCH3 is 2. The first-order valence-electron chi connectivity index (χ1n) is 4.69. The summed E-state index contributed by atoms with van der Waals surface area (Å²) in [5.74, 6) is -0.903. The van der Waals surface area contributed by atoms with Crippen LogP contribution in [-0.4, -0.2) is 25.2 Å². The highest BCUT2D eigenvalue weighted by molar-refractivity contribution is 5.87. The molecule has 0 spiro atoms. The van der Waals surface area contributed by atoms with Gasteiger partial charge in [-0.3, -0.25) is 0 Å². The Balaban J connectivity index is 3.40. The van der Waals surface area contributed by atoms with Gasteiger partial charge in [-0.2, -0.15) is 0 Å². The molecule has 1 heterocycles. The minimum Gasteiger partial charge on any atom is -0.481 e. The highest BCUT2D eigenvalue weighted by Crippen LogP contribution is 2.29. The molecular weight excluding hydrogens is 234 g/mol. The van der Waals surface area contributed by atoms with Gasteiger partial charge in [0.15, 0.2) is 5.69 Å². The number of aromatic nitrogens is 1. The number of ether oxygens (including phenoxy) is 2. The average Bonchev–Trinajstić information content (AvgIpc) is 2.35. The SMILES string of the molecule is COC(=O)c1cc(C(F)F)c(CN)c(OC)n1. The van der Waals surface area contributed by atoms with Gasteiger partial charge in [-0.1, -0.05) is 0 Å². The number of alkyl halides is 2. The summed E-state index contributed by atoms with van der Waals surface area (Å²) in [5, 5.41) is 0. The van der Waals surface area contributed by atoms with E-state index in [1.807, 2.05) is 0 Å². The van der Waals surface area contributed by atoms with Gasteiger partial charge in [0.1, 0.15) is 0 Å². The molecule has 1 aromatic rings. The van der Waals surface area contributed by atoms with E-state index < -0.39 is 12.4 Å². The van der Waals surface area contributed by atoms with Gasteiger partial charge in [-0.25, -0.2) is 18.6 Å². The van der Waals surface area contributed by atoms with Crippen LogP contribution in [0, 0.1) is 0 Å².